The van der Waals surface area contributed by atoms with Crippen LogP contribution in [0.15, 0.2) is 22.7 Å². The van der Waals surface area contributed by atoms with Gasteiger partial charge in [0.2, 0.25) is 0 Å². The minimum Gasteiger partial charge on any atom is -0.481 e. The number of urea groups is 1. The van der Waals surface area contributed by atoms with Crippen LogP contribution in [-0.2, 0) is 4.79 Å². The fourth-order valence-electron chi connectivity index (χ4n) is 2.52. The molecule has 7 heteroatoms. The molecule has 0 heterocycles. The number of carbonyl (C=O) groups excluding carboxylic acids is 1. The minimum absolute atomic E-state index is 0.138. The lowest BCUT2D eigenvalue weighted by molar-refractivity contribution is -0.148. The molecule has 1 aromatic carbocycles. The van der Waals surface area contributed by atoms with Crippen LogP contribution in [0.5, 0.6) is 0 Å². The van der Waals surface area contributed by atoms with Crippen molar-refractivity contribution < 1.29 is 14.7 Å². The molecule has 1 fully saturated rings. The Kier molecular flexibility index (Phi) is 5.11. The van der Waals surface area contributed by atoms with Crippen molar-refractivity contribution in [2.24, 2.45) is 5.41 Å². The summed E-state index contributed by atoms with van der Waals surface area (Å²) in [5.74, 6) is -0.840. The molecule has 1 saturated carbocycles. The molecule has 1 aliphatic rings. The Hall–Kier alpha value is -1.27. The van der Waals surface area contributed by atoms with E-state index in [2.05, 4.69) is 26.6 Å². The van der Waals surface area contributed by atoms with Crippen LogP contribution < -0.4 is 10.6 Å². The van der Waals surface area contributed by atoms with E-state index in [4.69, 9.17) is 11.6 Å². The summed E-state index contributed by atoms with van der Waals surface area (Å²) in [5, 5.41) is 15.2. The Morgan fingerprint density at radius 3 is 2.57 bits per heavy atom. The van der Waals surface area contributed by atoms with Crippen LogP contribution in [-0.4, -0.2) is 23.7 Å². The van der Waals surface area contributed by atoms with Gasteiger partial charge < -0.3 is 15.7 Å². The highest BCUT2D eigenvalue weighted by molar-refractivity contribution is 9.10. The Labute approximate surface area is 136 Å². The first kappa shape index (κ1) is 16.1. The molecule has 0 radical (unpaired) electrons. The fraction of sp³-hybridized carbons (Fsp3) is 0.429. The molecule has 0 bridgehead atoms. The van der Waals surface area contributed by atoms with E-state index in [1.54, 1.807) is 18.2 Å². The van der Waals surface area contributed by atoms with Crippen molar-refractivity contribution in [1.29, 1.82) is 0 Å². The molecular weight excluding hydrogens is 360 g/mol. The maximum atomic E-state index is 11.9. The maximum Gasteiger partial charge on any atom is 0.319 e. The number of halogens is 2. The molecule has 0 aromatic heterocycles. The second-order valence-corrected chi connectivity index (χ2v) is 6.52. The number of rotatable bonds is 4. The minimum atomic E-state index is -0.840. The highest BCUT2D eigenvalue weighted by Gasteiger charge is 2.41. The van der Waals surface area contributed by atoms with E-state index in [0.717, 1.165) is 12.8 Å². The van der Waals surface area contributed by atoms with Crippen LogP contribution in [0, 0.1) is 5.41 Å². The second kappa shape index (κ2) is 6.66. The molecule has 1 aliphatic carbocycles. The van der Waals surface area contributed by atoms with E-state index in [9.17, 15) is 14.7 Å². The second-order valence-electron chi connectivity index (χ2n) is 5.22. The van der Waals surface area contributed by atoms with Crippen LogP contribution in [0.1, 0.15) is 25.7 Å². The van der Waals surface area contributed by atoms with Gasteiger partial charge in [-0.2, -0.15) is 0 Å². The van der Waals surface area contributed by atoms with Crippen molar-refractivity contribution in [3.8, 4) is 0 Å². The zero-order chi connectivity index (χ0) is 15.5. The van der Waals surface area contributed by atoms with E-state index >= 15 is 0 Å². The molecule has 114 valence electrons. The van der Waals surface area contributed by atoms with Crippen LogP contribution in [0.2, 0.25) is 5.02 Å². The largest absolute Gasteiger partial charge is 0.481 e. The van der Waals surface area contributed by atoms with Crippen molar-refractivity contribution >= 4 is 45.2 Å². The van der Waals surface area contributed by atoms with Crippen LogP contribution in [0.4, 0.5) is 10.5 Å². The van der Waals surface area contributed by atoms with Gasteiger partial charge in [0.05, 0.1) is 11.1 Å². The van der Waals surface area contributed by atoms with Gasteiger partial charge in [-0.15, -0.1) is 0 Å². The van der Waals surface area contributed by atoms with Gasteiger partial charge in [-0.1, -0.05) is 24.4 Å². The lowest BCUT2D eigenvalue weighted by atomic mass is 9.86. The average Bonchev–Trinajstić information content (AvgIpc) is 2.90. The van der Waals surface area contributed by atoms with E-state index in [-0.39, 0.29) is 6.54 Å². The number of hydrogen-bond acceptors (Lipinski definition) is 2. The summed E-state index contributed by atoms with van der Waals surface area (Å²) >= 11 is 9.14. The van der Waals surface area contributed by atoms with Gasteiger partial charge >= 0.3 is 12.0 Å². The number of nitrogens with one attached hydrogen (secondary N) is 2. The zero-order valence-electron chi connectivity index (χ0n) is 11.3. The van der Waals surface area contributed by atoms with Gasteiger partial charge in [0.1, 0.15) is 0 Å². The van der Waals surface area contributed by atoms with E-state index in [0.29, 0.717) is 28.0 Å². The van der Waals surface area contributed by atoms with Crippen molar-refractivity contribution in [2.75, 3.05) is 11.9 Å². The number of aliphatic carboxylic acids is 1. The topological polar surface area (TPSA) is 78.4 Å². The van der Waals surface area contributed by atoms with E-state index in [1.807, 2.05) is 0 Å². The first-order chi connectivity index (χ1) is 9.93. The van der Waals surface area contributed by atoms with Gasteiger partial charge in [-0.3, -0.25) is 4.79 Å². The Balaban J connectivity index is 1.94. The monoisotopic (exact) mass is 374 g/mol. The van der Waals surface area contributed by atoms with Gasteiger partial charge in [0.15, 0.2) is 0 Å². The van der Waals surface area contributed by atoms with Gasteiger partial charge in [-0.05, 0) is 47.0 Å². The summed E-state index contributed by atoms with van der Waals surface area (Å²) < 4.78 is 0.666. The summed E-state index contributed by atoms with van der Waals surface area (Å²) in [6, 6.07) is 4.59. The molecule has 3 N–H and O–H groups in total. The van der Waals surface area contributed by atoms with Crippen LogP contribution in [0.3, 0.4) is 0 Å². The van der Waals surface area contributed by atoms with Gasteiger partial charge in [0, 0.05) is 16.0 Å². The van der Waals surface area contributed by atoms with Crippen molar-refractivity contribution in [2.45, 2.75) is 25.7 Å². The quantitative estimate of drug-likeness (QED) is 0.747. The third kappa shape index (κ3) is 3.89. The number of carboxylic acids is 1. The van der Waals surface area contributed by atoms with E-state index < -0.39 is 17.4 Å². The van der Waals surface area contributed by atoms with Crippen molar-refractivity contribution in [1.82, 2.24) is 5.32 Å². The molecule has 0 unspecified atom stereocenters. The smallest absolute Gasteiger partial charge is 0.319 e. The lowest BCUT2D eigenvalue weighted by Gasteiger charge is -2.24. The molecule has 0 saturated heterocycles. The Morgan fingerprint density at radius 2 is 2.00 bits per heavy atom. The van der Waals surface area contributed by atoms with Crippen molar-refractivity contribution in [3.63, 3.8) is 0 Å². The van der Waals surface area contributed by atoms with E-state index in [1.165, 1.54) is 0 Å². The summed E-state index contributed by atoms with van der Waals surface area (Å²) in [7, 11) is 0. The molecular formula is C14H16BrClN2O3. The number of carboxylic acid groups (broad SMARTS) is 1. The Morgan fingerprint density at radius 1 is 1.33 bits per heavy atom. The fourth-order valence-corrected chi connectivity index (χ4v) is 3.31. The molecule has 21 heavy (non-hydrogen) atoms. The molecule has 5 nitrogen and oxygen atoms in total. The summed E-state index contributed by atoms with van der Waals surface area (Å²) in [5.41, 5.74) is -0.248. The number of benzene rings is 1. The normalized spacial score (nSPS) is 16.5. The third-order valence-corrected chi connectivity index (χ3v) is 4.67. The first-order valence-corrected chi connectivity index (χ1v) is 7.83. The third-order valence-electron chi connectivity index (χ3n) is 3.78. The Bertz CT molecular complexity index is 559. The summed E-state index contributed by atoms with van der Waals surface area (Å²) in [4.78, 5) is 23.3. The van der Waals surface area contributed by atoms with Crippen LogP contribution in [0.25, 0.3) is 0 Å². The molecule has 0 spiro atoms. The maximum absolute atomic E-state index is 11.9. The van der Waals surface area contributed by atoms with Crippen LogP contribution >= 0.6 is 27.5 Å². The van der Waals surface area contributed by atoms with Crippen molar-refractivity contribution in [3.05, 3.63) is 27.7 Å². The number of amides is 2. The average molecular weight is 376 g/mol. The predicted octanol–water partition coefficient (Wildman–Crippen LogP) is 3.87. The zero-order valence-corrected chi connectivity index (χ0v) is 13.6. The number of hydrogen-bond donors (Lipinski definition) is 3. The molecule has 0 aliphatic heterocycles. The molecule has 2 amide bonds. The number of anilines is 1. The van der Waals surface area contributed by atoms with Gasteiger partial charge in [-0.25, -0.2) is 4.79 Å². The SMILES string of the molecule is O=C(NCC1(C(=O)O)CCCC1)Nc1ccc(Cl)cc1Br. The lowest BCUT2D eigenvalue weighted by Crippen LogP contribution is -2.42. The summed E-state index contributed by atoms with van der Waals surface area (Å²) in [6.45, 7) is 0.138. The molecule has 1 aromatic rings. The summed E-state index contributed by atoms with van der Waals surface area (Å²) in [6.07, 6.45) is 2.98. The number of carbonyl (C=O) groups is 2. The van der Waals surface area contributed by atoms with Gasteiger partial charge in [0.25, 0.3) is 0 Å². The predicted molar refractivity (Wildman–Crippen MR) is 84.7 cm³/mol. The molecule has 0 atom stereocenters. The highest BCUT2D eigenvalue weighted by atomic mass is 79.9. The highest BCUT2D eigenvalue weighted by Crippen LogP contribution is 2.37. The molecule has 2 rings (SSSR count). The standard InChI is InChI=1S/C14H16BrClN2O3/c15-10-7-9(16)3-4-11(10)18-13(21)17-8-14(12(19)20)5-1-2-6-14/h3-4,7H,1-2,5-6,8H2,(H,19,20)(H2,17,18,21). The first-order valence-electron chi connectivity index (χ1n) is 6.66.